The molecule has 0 rings (SSSR count). The van der Waals surface area contributed by atoms with Crippen molar-refractivity contribution in [1.82, 2.24) is 4.67 Å². The van der Waals surface area contributed by atoms with Crippen LogP contribution in [0.1, 0.15) is 41.5 Å². The van der Waals surface area contributed by atoms with Gasteiger partial charge in [-0.1, -0.05) is 0 Å². The second-order valence-corrected chi connectivity index (χ2v) is 5.34. The standard InChI is InChI=1S/C11H25N2O2P/c1-7-12-9-15-16(14-8-2)13(10(3)4)11(5)6/h9-11H,7-8H2,1-6H3/b12-9+. The lowest BCUT2D eigenvalue weighted by Crippen LogP contribution is -2.33. The minimum absolute atomic E-state index is 0.396. The number of aliphatic imine (C=N–C) groups is 1. The molecule has 0 spiro atoms. The molecule has 96 valence electrons. The SMILES string of the molecule is CC/N=C/OP(OCC)N(C(C)C)C(C)C. The molecule has 0 bridgehead atoms. The average Bonchev–Trinajstić information content (AvgIpc) is 2.17. The first-order chi connectivity index (χ1) is 7.54. The minimum Gasteiger partial charge on any atom is -0.425 e. The van der Waals surface area contributed by atoms with Gasteiger partial charge in [0.2, 0.25) is 0 Å². The smallest absolute Gasteiger partial charge is 0.322 e. The molecular formula is C11H25N2O2P. The first-order valence-corrected chi connectivity index (χ1v) is 7.03. The van der Waals surface area contributed by atoms with E-state index in [4.69, 9.17) is 9.05 Å². The molecule has 0 aliphatic heterocycles. The molecule has 0 saturated heterocycles. The third kappa shape index (κ3) is 5.78. The molecule has 5 heteroatoms. The monoisotopic (exact) mass is 248 g/mol. The summed E-state index contributed by atoms with van der Waals surface area (Å²) in [5, 5.41) is 0. The minimum atomic E-state index is -1.03. The molecule has 0 amide bonds. The van der Waals surface area contributed by atoms with Gasteiger partial charge in [0.25, 0.3) is 0 Å². The van der Waals surface area contributed by atoms with Gasteiger partial charge in [0, 0.05) is 18.6 Å². The van der Waals surface area contributed by atoms with Crippen molar-refractivity contribution >= 4 is 14.9 Å². The van der Waals surface area contributed by atoms with E-state index >= 15 is 0 Å². The highest BCUT2D eigenvalue weighted by Crippen LogP contribution is 2.44. The highest BCUT2D eigenvalue weighted by molar-refractivity contribution is 7.45. The van der Waals surface area contributed by atoms with E-state index in [-0.39, 0.29) is 0 Å². The zero-order valence-electron chi connectivity index (χ0n) is 11.3. The lowest BCUT2D eigenvalue weighted by atomic mass is 10.3. The van der Waals surface area contributed by atoms with Gasteiger partial charge in [0.15, 0.2) is 6.40 Å². The maximum Gasteiger partial charge on any atom is 0.322 e. The zero-order chi connectivity index (χ0) is 12.6. The van der Waals surface area contributed by atoms with Gasteiger partial charge in [-0.3, -0.25) is 4.99 Å². The van der Waals surface area contributed by atoms with Crippen molar-refractivity contribution in [3.63, 3.8) is 0 Å². The molecule has 0 heterocycles. The molecule has 0 aromatic heterocycles. The lowest BCUT2D eigenvalue weighted by molar-refractivity contribution is 0.223. The summed E-state index contributed by atoms with van der Waals surface area (Å²) in [5.74, 6) is 0. The van der Waals surface area contributed by atoms with E-state index in [2.05, 4.69) is 37.4 Å². The van der Waals surface area contributed by atoms with Crippen molar-refractivity contribution in [1.29, 1.82) is 0 Å². The molecule has 0 radical (unpaired) electrons. The Labute approximate surface area is 101 Å². The van der Waals surface area contributed by atoms with Gasteiger partial charge in [-0.05, 0) is 41.5 Å². The van der Waals surface area contributed by atoms with Crippen molar-refractivity contribution < 1.29 is 9.05 Å². The largest absolute Gasteiger partial charge is 0.425 e. The molecule has 0 aliphatic rings. The summed E-state index contributed by atoms with van der Waals surface area (Å²) < 4.78 is 13.5. The Balaban J connectivity index is 4.50. The quantitative estimate of drug-likeness (QED) is 0.375. The Bertz CT molecular complexity index is 190. The van der Waals surface area contributed by atoms with E-state index in [0.717, 1.165) is 6.54 Å². The highest BCUT2D eigenvalue weighted by atomic mass is 31.2. The summed E-state index contributed by atoms with van der Waals surface area (Å²) >= 11 is 0. The molecule has 16 heavy (non-hydrogen) atoms. The van der Waals surface area contributed by atoms with Crippen LogP contribution >= 0.6 is 8.53 Å². The van der Waals surface area contributed by atoms with Crippen LogP contribution in [0.3, 0.4) is 0 Å². The van der Waals surface area contributed by atoms with Crippen LogP contribution in [-0.4, -0.2) is 36.3 Å². The maximum absolute atomic E-state index is 5.65. The van der Waals surface area contributed by atoms with Crippen molar-refractivity contribution in [2.45, 2.75) is 53.6 Å². The van der Waals surface area contributed by atoms with Crippen molar-refractivity contribution in [3.05, 3.63) is 0 Å². The summed E-state index contributed by atoms with van der Waals surface area (Å²) in [6.45, 7) is 13.9. The van der Waals surface area contributed by atoms with Crippen LogP contribution in [0.5, 0.6) is 0 Å². The van der Waals surface area contributed by atoms with Gasteiger partial charge >= 0.3 is 8.53 Å². The predicted molar refractivity (Wildman–Crippen MR) is 70.8 cm³/mol. The van der Waals surface area contributed by atoms with E-state index in [1.165, 1.54) is 6.40 Å². The van der Waals surface area contributed by atoms with Crippen molar-refractivity contribution in [2.75, 3.05) is 13.2 Å². The Morgan fingerprint density at radius 1 is 1.19 bits per heavy atom. The fourth-order valence-corrected chi connectivity index (χ4v) is 2.81. The van der Waals surface area contributed by atoms with Gasteiger partial charge in [-0.2, -0.15) is 0 Å². The maximum atomic E-state index is 5.65. The Hall–Kier alpha value is -0.180. The van der Waals surface area contributed by atoms with Gasteiger partial charge in [0.1, 0.15) is 0 Å². The number of hydrogen-bond donors (Lipinski definition) is 0. The lowest BCUT2D eigenvalue weighted by Gasteiger charge is -2.34. The molecule has 0 aromatic rings. The van der Waals surface area contributed by atoms with E-state index in [1.807, 2.05) is 13.8 Å². The molecule has 0 fully saturated rings. The number of nitrogens with zero attached hydrogens (tertiary/aromatic N) is 2. The third-order valence-electron chi connectivity index (χ3n) is 1.88. The Kier molecular flexibility index (Phi) is 8.81. The van der Waals surface area contributed by atoms with E-state index < -0.39 is 8.53 Å². The zero-order valence-corrected chi connectivity index (χ0v) is 12.2. The molecule has 0 aliphatic carbocycles. The molecule has 0 N–H and O–H groups in total. The Morgan fingerprint density at radius 3 is 2.12 bits per heavy atom. The second kappa shape index (κ2) is 8.91. The molecule has 0 saturated carbocycles. The second-order valence-electron chi connectivity index (χ2n) is 3.93. The van der Waals surface area contributed by atoms with E-state index in [9.17, 15) is 0 Å². The van der Waals surface area contributed by atoms with Crippen LogP contribution in [0, 0.1) is 0 Å². The summed E-state index contributed by atoms with van der Waals surface area (Å²) in [7, 11) is -1.03. The van der Waals surface area contributed by atoms with Crippen LogP contribution in [0.25, 0.3) is 0 Å². The molecule has 4 nitrogen and oxygen atoms in total. The number of rotatable bonds is 8. The summed E-state index contributed by atoms with van der Waals surface area (Å²) in [6, 6.07) is 0.792. The molecular weight excluding hydrogens is 223 g/mol. The van der Waals surface area contributed by atoms with Crippen LogP contribution in [-0.2, 0) is 9.05 Å². The summed E-state index contributed by atoms with van der Waals surface area (Å²) in [6.07, 6.45) is 1.51. The first-order valence-electron chi connectivity index (χ1n) is 5.90. The normalized spacial score (nSPS) is 14.3. The Morgan fingerprint density at radius 2 is 1.75 bits per heavy atom. The highest BCUT2D eigenvalue weighted by Gasteiger charge is 2.27. The van der Waals surface area contributed by atoms with Crippen LogP contribution in [0.2, 0.25) is 0 Å². The van der Waals surface area contributed by atoms with Crippen molar-refractivity contribution in [2.24, 2.45) is 4.99 Å². The summed E-state index contributed by atoms with van der Waals surface area (Å²) in [5.41, 5.74) is 0. The van der Waals surface area contributed by atoms with E-state index in [1.54, 1.807) is 0 Å². The first kappa shape index (κ1) is 15.8. The van der Waals surface area contributed by atoms with Crippen LogP contribution < -0.4 is 0 Å². The third-order valence-corrected chi connectivity index (χ3v) is 3.94. The van der Waals surface area contributed by atoms with Crippen LogP contribution in [0.15, 0.2) is 4.99 Å². The fourth-order valence-electron chi connectivity index (χ4n) is 1.38. The summed E-state index contributed by atoms with van der Waals surface area (Å²) in [4.78, 5) is 4.06. The van der Waals surface area contributed by atoms with Gasteiger partial charge in [0.05, 0.1) is 6.61 Å². The van der Waals surface area contributed by atoms with Crippen LogP contribution in [0.4, 0.5) is 0 Å². The van der Waals surface area contributed by atoms with Gasteiger partial charge in [-0.25, -0.2) is 4.67 Å². The molecule has 1 unspecified atom stereocenters. The number of hydrogen-bond acceptors (Lipinski definition) is 4. The predicted octanol–water partition coefficient (Wildman–Crippen LogP) is 3.43. The fraction of sp³-hybridized carbons (Fsp3) is 0.909. The molecule has 1 atom stereocenters. The molecule has 0 aromatic carbocycles. The van der Waals surface area contributed by atoms with Gasteiger partial charge < -0.3 is 9.05 Å². The van der Waals surface area contributed by atoms with Crippen molar-refractivity contribution in [3.8, 4) is 0 Å². The average molecular weight is 248 g/mol. The van der Waals surface area contributed by atoms with Gasteiger partial charge in [-0.15, -0.1) is 0 Å². The van der Waals surface area contributed by atoms with E-state index in [0.29, 0.717) is 18.7 Å². The topological polar surface area (TPSA) is 34.1 Å².